The molecule has 1 aliphatic heterocycles. The van der Waals surface area contributed by atoms with Crippen molar-refractivity contribution in [3.05, 3.63) is 23.1 Å². The van der Waals surface area contributed by atoms with Crippen LogP contribution in [0.3, 0.4) is 0 Å². The first-order chi connectivity index (χ1) is 17.8. The van der Waals surface area contributed by atoms with E-state index in [4.69, 9.17) is 25.8 Å². The number of hydrogen-bond acceptors (Lipinski definition) is 10. The summed E-state index contributed by atoms with van der Waals surface area (Å²) < 4.78 is 44.0. The van der Waals surface area contributed by atoms with Crippen molar-refractivity contribution in [1.29, 1.82) is 0 Å². The van der Waals surface area contributed by atoms with E-state index in [0.29, 0.717) is 44.0 Å². The Hall–Kier alpha value is -3.19. The lowest BCUT2D eigenvalue weighted by Gasteiger charge is -2.27. The lowest BCUT2D eigenvalue weighted by molar-refractivity contribution is 0.122. The minimum atomic E-state index is -3.02. The molecule has 2 aromatic heterocycles. The number of alkyl halides is 2. The maximum absolute atomic E-state index is 14.2. The molecule has 0 unspecified atom stereocenters. The number of pyridine rings is 1. The minimum Gasteiger partial charge on any atom is -0.449 e. The predicted octanol–water partition coefficient (Wildman–Crippen LogP) is 5.04. The summed E-state index contributed by atoms with van der Waals surface area (Å²) in [5, 5.41) is -0.184. The molecule has 0 spiro atoms. The molecule has 3 rings (SSSR count). The molecule has 1 saturated heterocycles. The van der Waals surface area contributed by atoms with E-state index in [1.807, 2.05) is 13.8 Å². The Kier molecular flexibility index (Phi) is 10.7. The second-order valence-corrected chi connectivity index (χ2v) is 8.37. The number of aromatic nitrogens is 4. The number of carbonyl (C=O) groups excluding carboxylic acids is 2. The number of carbonyl (C=O) groups is 2. The van der Waals surface area contributed by atoms with Gasteiger partial charge >= 0.3 is 12.2 Å². The van der Waals surface area contributed by atoms with E-state index in [-0.39, 0.29) is 41.7 Å². The summed E-state index contributed by atoms with van der Waals surface area (Å²) in [6.07, 6.45) is -1.50. The third-order valence-electron chi connectivity index (χ3n) is 5.33. The van der Waals surface area contributed by atoms with Crippen molar-refractivity contribution in [2.24, 2.45) is 0 Å². The molecule has 2 amide bonds. The SMILES string of the molecule is CCCCOC(=O)N(C(=O)OCCCC)c1cc(C(F)F)c(-c2nc(Cl)nc(N3CCOCC3)n2)cn1. The molecule has 2 aromatic rings. The van der Waals surface area contributed by atoms with Crippen LogP contribution in [0.4, 0.5) is 30.1 Å². The molecule has 1 fully saturated rings. The van der Waals surface area contributed by atoms with E-state index in [9.17, 15) is 18.4 Å². The third-order valence-corrected chi connectivity index (χ3v) is 5.50. The standard InChI is InChI=1S/C23H29ClF2N6O5/c1-3-5-9-36-22(33)32(23(34)37-10-6-4-2)17-13-15(18(25)26)16(14-27-17)19-28-20(24)30-21(29-19)31-7-11-35-12-8-31/h13-14,18H,3-12H2,1-2H3. The normalized spacial score (nSPS) is 13.5. The van der Waals surface area contributed by atoms with E-state index >= 15 is 0 Å². The smallest absolute Gasteiger partial charge is 0.425 e. The molecule has 0 radical (unpaired) electrons. The first kappa shape index (κ1) is 28.4. The van der Waals surface area contributed by atoms with Crippen LogP contribution in [0, 0.1) is 0 Å². The minimum absolute atomic E-state index is 0.0432. The van der Waals surface area contributed by atoms with Gasteiger partial charge in [-0.1, -0.05) is 26.7 Å². The molecule has 14 heteroatoms. The van der Waals surface area contributed by atoms with Crippen LogP contribution in [0.5, 0.6) is 0 Å². The quantitative estimate of drug-likeness (QED) is 0.377. The number of imide groups is 1. The number of halogens is 3. The van der Waals surface area contributed by atoms with Gasteiger partial charge in [0.1, 0.15) is 5.82 Å². The molecule has 11 nitrogen and oxygen atoms in total. The van der Waals surface area contributed by atoms with E-state index in [1.54, 1.807) is 4.90 Å². The molecule has 3 heterocycles. The fraction of sp³-hybridized carbons (Fsp3) is 0.565. The van der Waals surface area contributed by atoms with Gasteiger partial charge < -0.3 is 19.1 Å². The Morgan fingerprint density at radius 2 is 1.70 bits per heavy atom. The molecule has 0 atom stereocenters. The zero-order chi connectivity index (χ0) is 26.8. The molecule has 202 valence electrons. The fourth-order valence-electron chi connectivity index (χ4n) is 3.31. The summed E-state index contributed by atoms with van der Waals surface area (Å²) in [5.74, 6) is -0.294. The molecule has 37 heavy (non-hydrogen) atoms. The van der Waals surface area contributed by atoms with Gasteiger partial charge in [0.05, 0.1) is 26.4 Å². The van der Waals surface area contributed by atoms with Gasteiger partial charge in [-0.25, -0.2) is 23.4 Å². The first-order valence-corrected chi connectivity index (χ1v) is 12.4. The summed E-state index contributed by atoms with van der Waals surface area (Å²) in [5.41, 5.74) is -0.691. The maximum Gasteiger partial charge on any atom is 0.425 e. The molecular formula is C23H29ClF2N6O5. The van der Waals surface area contributed by atoms with Gasteiger partial charge in [-0.15, -0.1) is 0 Å². The maximum atomic E-state index is 14.2. The first-order valence-electron chi connectivity index (χ1n) is 12.0. The topological polar surface area (TPSA) is 120 Å². The predicted molar refractivity (Wildman–Crippen MR) is 131 cm³/mol. The van der Waals surface area contributed by atoms with Gasteiger partial charge in [0.15, 0.2) is 5.82 Å². The highest BCUT2D eigenvalue weighted by Gasteiger charge is 2.30. The average Bonchev–Trinajstić information content (AvgIpc) is 2.89. The van der Waals surface area contributed by atoms with Crippen LogP contribution >= 0.6 is 11.6 Å². The second-order valence-electron chi connectivity index (χ2n) is 8.03. The summed E-state index contributed by atoms with van der Waals surface area (Å²) in [6.45, 7) is 5.78. The highest BCUT2D eigenvalue weighted by molar-refractivity contribution is 6.28. The third kappa shape index (κ3) is 7.65. The molecular weight excluding hydrogens is 514 g/mol. The Morgan fingerprint density at radius 3 is 2.27 bits per heavy atom. The van der Waals surface area contributed by atoms with Crippen molar-refractivity contribution in [3.63, 3.8) is 0 Å². The fourth-order valence-corrected chi connectivity index (χ4v) is 3.47. The number of morpholine rings is 1. The molecule has 1 aliphatic rings. The van der Waals surface area contributed by atoms with E-state index in [1.165, 1.54) is 0 Å². The van der Waals surface area contributed by atoms with E-state index < -0.39 is 24.2 Å². The van der Waals surface area contributed by atoms with Crippen LogP contribution in [-0.2, 0) is 14.2 Å². The lowest BCUT2D eigenvalue weighted by Crippen LogP contribution is -2.39. The highest BCUT2D eigenvalue weighted by Crippen LogP contribution is 2.33. The molecule has 0 bridgehead atoms. The van der Waals surface area contributed by atoms with Crippen molar-refractivity contribution < 1.29 is 32.6 Å². The second kappa shape index (κ2) is 13.9. The van der Waals surface area contributed by atoms with Gasteiger partial charge in [-0.05, 0) is 30.5 Å². The number of hydrogen-bond donors (Lipinski definition) is 0. The van der Waals surface area contributed by atoms with Crippen LogP contribution in [0.15, 0.2) is 12.3 Å². The van der Waals surface area contributed by atoms with Crippen LogP contribution in [0.2, 0.25) is 5.28 Å². The van der Waals surface area contributed by atoms with Gasteiger partial charge in [0, 0.05) is 30.4 Å². The Bertz CT molecular complexity index is 1050. The number of anilines is 2. The van der Waals surface area contributed by atoms with Crippen LogP contribution in [0.25, 0.3) is 11.4 Å². The Labute approximate surface area is 218 Å². The monoisotopic (exact) mass is 542 g/mol. The molecule has 0 saturated carbocycles. The van der Waals surface area contributed by atoms with Crippen molar-refractivity contribution in [2.75, 3.05) is 49.3 Å². The summed E-state index contributed by atoms with van der Waals surface area (Å²) in [7, 11) is 0. The molecule has 0 aromatic carbocycles. The number of ether oxygens (including phenoxy) is 3. The zero-order valence-electron chi connectivity index (χ0n) is 20.7. The van der Waals surface area contributed by atoms with Crippen LogP contribution in [-0.4, -0.2) is 71.6 Å². The number of rotatable bonds is 10. The highest BCUT2D eigenvalue weighted by atomic mass is 35.5. The van der Waals surface area contributed by atoms with Crippen molar-refractivity contribution in [1.82, 2.24) is 19.9 Å². The van der Waals surface area contributed by atoms with Crippen molar-refractivity contribution >= 4 is 35.6 Å². The number of amides is 2. The lowest BCUT2D eigenvalue weighted by atomic mass is 10.1. The Morgan fingerprint density at radius 1 is 1.08 bits per heavy atom. The zero-order valence-corrected chi connectivity index (χ0v) is 21.4. The van der Waals surface area contributed by atoms with Crippen molar-refractivity contribution in [3.8, 4) is 11.4 Å². The molecule has 0 aliphatic carbocycles. The van der Waals surface area contributed by atoms with Crippen LogP contribution < -0.4 is 9.80 Å². The van der Waals surface area contributed by atoms with Gasteiger partial charge in [-0.3, -0.25) is 0 Å². The molecule has 0 N–H and O–H groups in total. The average molecular weight is 543 g/mol. The van der Waals surface area contributed by atoms with Gasteiger partial charge in [0.2, 0.25) is 11.2 Å². The van der Waals surface area contributed by atoms with E-state index in [0.717, 1.165) is 25.1 Å². The number of nitrogens with zero attached hydrogens (tertiary/aromatic N) is 6. The number of unbranched alkanes of at least 4 members (excludes halogenated alkanes) is 2. The largest absolute Gasteiger partial charge is 0.449 e. The van der Waals surface area contributed by atoms with Gasteiger partial charge in [-0.2, -0.15) is 19.9 Å². The summed E-state index contributed by atoms with van der Waals surface area (Å²) in [6, 6.07) is 0.911. The van der Waals surface area contributed by atoms with E-state index in [2.05, 4.69) is 19.9 Å². The van der Waals surface area contributed by atoms with Crippen molar-refractivity contribution in [2.45, 2.75) is 46.0 Å². The van der Waals surface area contributed by atoms with Crippen LogP contribution in [0.1, 0.15) is 51.5 Å². The van der Waals surface area contributed by atoms with Gasteiger partial charge in [0.25, 0.3) is 6.43 Å². The Balaban J connectivity index is 1.98. The summed E-state index contributed by atoms with van der Waals surface area (Å²) >= 11 is 6.08. The summed E-state index contributed by atoms with van der Waals surface area (Å²) in [4.78, 5) is 44.2.